The Morgan fingerprint density at radius 1 is 1.33 bits per heavy atom. The van der Waals surface area contributed by atoms with E-state index < -0.39 is 16.1 Å². The second kappa shape index (κ2) is 5.87. The third-order valence-electron chi connectivity index (χ3n) is 3.17. The van der Waals surface area contributed by atoms with E-state index in [2.05, 4.69) is 15.0 Å². The van der Waals surface area contributed by atoms with Gasteiger partial charge in [-0.05, 0) is 39.0 Å². The van der Waals surface area contributed by atoms with E-state index in [9.17, 15) is 8.42 Å². The van der Waals surface area contributed by atoms with Crippen LogP contribution in [0.15, 0.2) is 33.8 Å². The van der Waals surface area contributed by atoms with E-state index in [4.69, 9.17) is 4.42 Å². The van der Waals surface area contributed by atoms with Gasteiger partial charge in [0.15, 0.2) is 5.03 Å². The summed E-state index contributed by atoms with van der Waals surface area (Å²) in [5.41, 5.74) is 1.27. The number of hydrogen-bond acceptors (Lipinski definition) is 5. The second-order valence-corrected chi connectivity index (χ2v) is 6.45. The fourth-order valence-corrected chi connectivity index (χ4v) is 3.59. The average Bonchev–Trinajstić information content (AvgIpc) is 2.77. The Balaban J connectivity index is 2.31. The Labute approximate surface area is 124 Å². The van der Waals surface area contributed by atoms with Gasteiger partial charge in [-0.2, -0.15) is 0 Å². The lowest BCUT2D eigenvalue weighted by molar-refractivity contribution is 0.496. The zero-order valence-corrected chi connectivity index (χ0v) is 13.3. The summed E-state index contributed by atoms with van der Waals surface area (Å²) in [6, 6.07) is 4.77. The summed E-state index contributed by atoms with van der Waals surface area (Å²) in [4.78, 5) is 3.96. The monoisotopic (exact) mass is 309 g/mol. The summed E-state index contributed by atoms with van der Waals surface area (Å²) in [6.07, 6.45) is 1.45. The van der Waals surface area contributed by atoms with Gasteiger partial charge in [0.25, 0.3) is 10.0 Å². The number of rotatable bonds is 5. The molecule has 114 valence electrons. The minimum atomic E-state index is -3.72. The third kappa shape index (κ3) is 3.25. The van der Waals surface area contributed by atoms with Gasteiger partial charge >= 0.3 is 0 Å². The molecule has 0 amide bonds. The molecule has 0 spiro atoms. The van der Waals surface area contributed by atoms with Crippen molar-refractivity contribution in [3.05, 3.63) is 41.5 Å². The van der Waals surface area contributed by atoms with Crippen molar-refractivity contribution in [2.75, 3.05) is 12.4 Å². The first-order valence-electron chi connectivity index (χ1n) is 6.57. The first-order valence-corrected chi connectivity index (χ1v) is 8.05. The zero-order valence-electron chi connectivity index (χ0n) is 12.5. The maximum absolute atomic E-state index is 12.5. The summed E-state index contributed by atoms with van der Waals surface area (Å²) in [7, 11) is -2.07. The van der Waals surface area contributed by atoms with Crippen LogP contribution >= 0.6 is 0 Å². The highest BCUT2D eigenvalue weighted by Gasteiger charge is 2.24. The fraction of sp³-hybridized carbons (Fsp3) is 0.357. The summed E-state index contributed by atoms with van der Waals surface area (Å²) in [5, 5.41) is 2.81. The minimum absolute atomic E-state index is 0.0165. The number of aromatic nitrogens is 1. The van der Waals surface area contributed by atoms with Gasteiger partial charge < -0.3 is 9.73 Å². The van der Waals surface area contributed by atoms with E-state index in [0.717, 1.165) is 11.3 Å². The van der Waals surface area contributed by atoms with Crippen molar-refractivity contribution in [3.8, 4) is 0 Å². The second-order valence-electron chi connectivity index (χ2n) is 4.82. The number of nitrogens with zero attached hydrogens (tertiary/aromatic N) is 1. The highest BCUT2D eigenvalue weighted by Crippen LogP contribution is 2.24. The molecule has 1 unspecified atom stereocenters. The number of aryl methyl sites for hydroxylation is 2. The molecule has 2 aromatic rings. The molecule has 0 saturated heterocycles. The lowest BCUT2D eigenvalue weighted by Gasteiger charge is -2.15. The van der Waals surface area contributed by atoms with E-state index in [0.29, 0.717) is 11.4 Å². The van der Waals surface area contributed by atoms with Crippen LogP contribution < -0.4 is 10.0 Å². The molecule has 0 aliphatic carbocycles. The summed E-state index contributed by atoms with van der Waals surface area (Å²) >= 11 is 0. The molecule has 0 saturated carbocycles. The molecule has 2 heterocycles. The van der Waals surface area contributed by atoms with Crippen LogP contribution in [0.5, 0.6) is 0 Å². The van der Waals surface area contributed by atoms with E-state index in [1.807, 2.05) is 19.9 Å². The van der Waals surface area contributed by atoms with Gasteiger partial charge in [-0.1, -0.05) is 0 Å². The molecule has 0 aromatic carbocycles. The van der Waals surface area contributed by atoms with Gasteiger partial charge in [0.05, 0.1) is 5.69 Å². The maximum atomic E-state index is 12.5. The summed E-state index contributed by atoms with van der Waals surface area (Å²) < 4.78 is 33.0. The molecule has 0 aliphatic rings. The number of pyridine rings is 1. The number of nitrogens with one attached hydrogen (secondary N) is 2. The highest BCUT2D eigenvalue weighted by molar-refractivity contribution is 7.89. The van der Waals surface area contributed by atoms with Crippen LogP contribution in [0.1, 0.15) is 30.0 Å². The summed E-state index contributed by atoms with van der Waals surface area (Å²) in [6.45, 7) is 5.42. The van der Waals surface area contributed by atoms with Crippen molar-refractivity contribution in [1.29, 1.82) is 0 Å². The SMILES string of the molecule is CNc1cccnc1S(=O)(=O)NC(C)c1cc(C)oc1C. The molecule has 1 atom stereocenters. The summed E-state index contributed by atoms with van der Waals surface area (Å²) in [5.74, 6) is 1.46. The van der Waals surface area contributed by atoms with E-state index in [1.54, 1.807) is 26.1 Å². The van der Waals surface area contributed by atoms with Gasteiger partial charge in [0.1, 0.15) is 11.5 Å². The first-order chi connectivity index (χ1) is 9.85. The molecule has 2 aromatic heterocycles. The van der Waals surface area contributed by atoms with Crippen molar-refractivity contribution < 1.29 is 12.8 Å². The van der Waals surface area contributed by atoms with Gasteiger partial charge in [0, 0.05) is 24.8 Å². The van der Waals surface area contributed by atoms with Crippen LogP contribution in [0, 0.1) is 13.8 Å². The van der Waals surface area contributed by atoms with E-state index in [1.165, 1.54) is 6.20 Å². The molecule has 7 heteroatoms. The first kappa shape index (κ1) is 15.5. The Bertz CT molecular complexity index is 738. The number of anilines is 1. The molecule has 21 heavy (non-hydrogen) atoms. The highest BCUT2D eigenvalue weighted by atomic mass is 32.2. The lowest BCUT2D eigenvalue weighted by Crippen LogP contribution is -2.28. The minimum Gasteiger partial charge on any atom is -0.466 e. The van der Waals surface area contributed by atoms with Gasteiger partial charge in [-0.15, -0.1) is 0 Å². The predicted octanol–water partition coefficient (Wildman–Crippen LogP) is 2.37. The van der Waals surface area contributed by atoms with Gasteiger partial charge in [0.2, 0.25) is 0 Å². The molecule has 2 N–H and O–H groups in total. The third-order valence-corrected chi connectivity index (χ3v) is 4.67. The lowest BCUT2D eigenvalue weighted by atomic mass is 10.1. The zero-order chi connectivity index (χ0) is 15.6. The van der Waals surface area contributed by atoms with Crippen molar-refractivity contribution in [1.82, 2.24) is 9.71 Å². The molecule has 2 rings (SSSR count). The Morgan fingerprint density at radius 2 is 2.05 bits per heavy atom. The fourth-order valence-electron chi connectivity index (χ4n) is 2.23. The van der Waals surface area contributed by atoms with Crippen LogP contribution in [0.2, 0.25) is 0 Å². The molecule has 0 fully saturated rings. The molecular formula is C14H19N3O3S. The van der Waals surface area contributed by atoms with E-state index in [-0.39, 0.29) is 5.03 Å². The molecule has 0 bridgehead atoms. The number of hydrogen-bond donors (Lipinski definition) is 2. The predicted molar refractivity (Wildman–Crippen MR) is 80.7 cm³/mol. The average molecular weight is 309 g/mol. The Hall–Kier alpha value is -1.86. The Kier molecular flexibility index (Phi) is 4.34. The van der Waals surface area contributed by atoms with Crippen LogP contribution in [-0.2, 0) is 10.0 Å². The topological polar surface area (TPSA) is 84.2 Å². The smallest absolute Gasteiger partial charge is 0.260 e. The van der Waals surface area contributed by atoms with Crippen molar-refractivity contribution in [3.63, 3.8) is 0 Å². The van der Waals surface area contributed by atoms with Crippen LogP contribution in [0.25, 0.3) is 0 Å². The Morgan fingerprint density at radius 3 is 2.62 bits per heavy atom. The van der Waals surface area contributed by atoms with Crippen LogP contribution in [-0.4, -0.2) is 20.4 Å². The van der Waals surface area contributed by atoms with Crippen molar-refractivity contribution in [2.45, 2.75) is 31.8 Å². The largest absolute Gasteiger partial charge is 0.466 e. The van der Waals surface area contributed by atoms with Crippen LogP contribution in [0.4, 0.5) is 5.69 Å². The molecule has 0 aliphatic heterocycles. The number of furan rings is 1. The maximum Gasteiger partial charge on any atom is 0.260 e. The van der Waals surface area contributed by atoms with Gasteiger partial charge in [-0.3, -0.25) is 0 Å². The molecular weight excluding hydrogens is 290 g/mol. The quantitative estimate of drug-likeness (QED) is 0.886. The standard InChI is InChI=1S/C14H19N3O3S/c1-9-8-12(11(3)20-9)10(2)17-21(18,19)14-13(15-4)6-5-7-16-14/h5-8,10,15,17H,1-4H3. The van der Waals surface area contributed by atoms with Crippen molar-refractivity contribution in [2.24, 2.45) is 0 Å². The number of sulfonamides is 1. The van der Waals surface area contributed by atoms with Crippen molar-refractivity contribution >= 4 is 15.7 Å². The van der Waals surface area contributed by atoms with Gasteiger partial charge in [-0.25, -0.2) is 18.1 Å². The molecule has 6 nitrogen and oxygen atoms in total. The molecule has 0 radical (unpaired) electrons. The van der Waals surface area contributed by atoms with E-state index >= 15 is 0 Å². The van der Waals surface area contributed by atoms with Crippen LogP contribution in [0.3, 0.4) is 0 Å². The normalized spacial score (nSPS) is 13.1.